The molecule has 0 saturated heterocycles. The number of ether oxygens (including phenoxy) is 3. The van der Waals surface area contributed by atoms with Crippen LogP contribution in [0.15, 0.2) is 12.1 Å². The minimum atomic E-state index is -0.565. The summed E-state index contributed by atoms with van der Waals surface area (Å²) >= 11 is 6.66. The van der Waals surface area contributed by atoms with Crippen molar-refractivity contribution >= 4 is 43.8 Å². The van der Waals surface area contributed by atoms with Crippen LogP contribution in [0.2, 0.25) is 0 Å². The molecule has 1 aromatic carbocycles. The third-order valence-corrected chi connectivity index (χ3v) is 3.30. The molecule has 5 nitrogen and oxygen atoms in total. The maximum atomic E-state index is 12.1. The normalized spacial score (nSPS) is 10.3. The molecule has 1 aromatic rings. The number of carbonyl (C=O) groups excluding carboxylic acids is 2. The van der Waals surface area contributed by atoms with Gasteiger partial charge in [-0.25, -0.2) is 4.79 Å². The van der Waals surface area contributed by atoms with Crippen molar-refractivity contribution in [3.05, 3.63) is 23.3 Å². The molecule has 20 heavy (non-hydrogen) atoms. The third kappa shape index (κ3) is 4.21. The van der Waals surface area contributed by atoms with Crippen molar-refractivity contribution in [2.24, 2.45) is 0 Å². The van der Waals surface area contributed by atoms with Crippen LogP contribution in [0.1, 0.15) is 33.5 Å². The van der Waals surface area contributed by atoms with Gasteiger partial charge in [0.05, 0.1) is 17.5 Å². The number of alkyl halides is 2. The number of carbonyl (C=O) groups is 2. The molecule has 0 N–H and O–H groups in total. The molecule has 0 saturated carbocycles. The van der Waals surface area contributed by atoms with Crippen molar-refractivity contribution in [2.45, 2.75) is 17.6 Å². The molecule has 0 heterocycles. The monoisotopic (exact) mass is 408 g/mol. The number of benzene rings is 1. The fraction of sp³-hybridized carbons (Fsp3) is 0.385. The van der Waals surface area contributed by atoms with Gasteiger partial charge in [-0.1, -0.05) is 31.9 Å². The van der Waals surface area contributed by atoms with E-state index in [-0.39, 0.29) is 21.7 Å². The van der Waals surface area contributed by atoms with Crippen molar-refractivity contribution in [2.75, 3.05) is 13.7 Å². The summed E-state index contributed by atoms with van der Waals surface area (Å²) in [5.74, 6) is -0.525. The van der Waals surface area contributed by atoms with Crippen molar-refractivity contribution in [3.63, 3.8) is 0 Å². The smallest absolute Gasteiger partial charge is 0.342 e. The van der Waals surface area contributed by atoms with E-state index >= 15 is 0 Å². The van der Waals surface area contributed by atoms with Gasteiger partial charge in [0, 0.05) is 13.0 Å². The molecule has 110 valence electrons. The molecule has 1 rings (SSSR count). The van der Waals surface area contributed by atoms with Gasteiger partial charge in [0.1, 0.15) is 17.1 Å². The molecule has 0 aliphatic heterocycles. The lowest BCUT2D eigenvalue weighted by Crippen LogP contribution is -2.13. The number of rotatable bonds is 5. The van der Waals surface area contributed by atoms with E-state index in [0.717, 1.165) is 0 Å². The maximum Gasteiger partial charge on any atom is 0.342 e. The highest BCUT2D eigenvalue weighted by atomic mass is 79.9. The van der Waals surface area contributed by atoms with Gasteiger partial charge in [-0.3, -0.25) is 4.79 Å². The fourth-order valence-corrected chi connectivity index (χ4v) is 2.28. The second-order valence-electron chi connectivity index (χ2n) is 3.70. The summed E-state index contributed by atoms with van der Waals surface area (Å²) in [7, 11) is 1.48. The summed E-state index contributed by atoms with van der Waals surface area (Å²) in [6.07, 6.45) is 0. The summed E-state index contributed by atoms with van der Waals surface area (Å²) < 4.78 is 14.9. The number of esters is 2. The first-order valence-electron chi connectivity index (χ1n) is 5.76. The summed E-state index contributed by atoms with van der Waals surface area (Å²) in [6.45, 7) is 3.18. The largest absolute Gasteiger partial charge is 0.497 e. The van der Waals surface area contributed by atoms with Crippen molar-refractivity contribution in [3.8, 4) is 11.5 Å². The third-order valence-electron chi connectivity index (χ3n) is 2.31. The Balaban J connectivity index is 3.46. The predicted molar refractivity (Wildman–Crippen MR) is 80.9 cm³/mol. The van der Waals surface area contributed by atoms with Crippen molar-refractivity contribution in [1.82, 2.24) is 0 Å². The van der Waals surface area contributed by atoms with E-state index in [2.05, 4.69) is 31.9 Å². The first-order chi connectivity index (χ1) is 9.40. The first-order valence-corrected chi connectivity index (χ1v) is 7.59. The minimum Gasteiger partial charge on any atom is -0.497 e. The Kier molecular flexibility index (Phi) is 6.48. The molecule has 0 fully saturated rings. The Morgan fingerprint density at radius 1 is 1.30 bits per heavy atom. The quantitative estimate of drug-likeness (QED) is 0.422. The number of hydrogen-bond acceptors (Lipinski definition) is 5. The Labute approximate surface area is 133 Å². The van der Waals surface area contributed by atoms with Crippen LogP contribution in [0.4, 0.5) is 0 Å². The fourth-order valence-electron chi connectivity index (χ4n) is 1.56. The van der Waals surface area contributed by atoms with Crippen LogP contribution >= 0.6 is 31.9 Å². The second kappa shape index (κ2) is 7.64. The Morgan fingerprint density at radius 3 is 2.40 bits per heavy atom. The van der Waals surface area contributed by atoms with Crippen LogP contribution in [-0.4, -0.2) is 25.7 Å². The highest BCUT2D eigenvalue weighted by Crippen LogP contribution is 2.39. The van der Waals surface area contributed by atoms with Gasteiger partial charge in [-0.05, 0) is 18.6 Å². The molecular formula is C13H14Br2O5. The summed E-state index contributed by atoms with van der Waals surface area (Å²) in [6, 6.07) is 3.13. The highest BCUT2D eigenvalue weighted by Gasteiger charge is 2.24. The van der Waals surface area contributed by atoms with E-state index in [1.165, 1.54) is 20.1 Å². The van der Waals surface area contributed by atoms with E-state index in [1.807, 2.05) is 0 Å². The standard InChI is InChI=1S/C13H14Br2O5/c1-4-19-13(17)11-9(12(14)15)5-8(18-3)6-10(11)20-7(2)16/h5-6,12H,4H2,1-3H3. The maximum absolute atomic E-state index is 12.1. The molecule has 0 spiro atoms. The van der Waals surface area contributed by atoms with Crippen LogP contribution < -0.4 is 9.47 Å². The van der Waals surface area contributed by atoms with Crippen LogP contribution in [0.25, 0.3) is 0 Å². The van der Waals surface area contributed by atoms with Gasteiger partial charge in [0.25, 0.3) is 0 Å². The van der Waals surface area contributed by atoms with E-state index in [1.54, 1.807) is 13.0 Å². The minimum absolute atomic E-state index is 0.106. The van der Waals surface area contributed by atoms with Gasteiger partial charge in [-0.15, -0.1) is 0 Å². The molecule has 0 aromatic heterocycles. The lowest BCUT2D eigenvalue weighted by molar-refractivity contribution is -0.131. The lowest BCUT2D eigenvalue weighted by Gasteiger charge is -2.15. The Hall–Kier alpha value is -1.08. The summed E-state index contributed by atoms with van der Waals surface area (Å²) in [5, 5.41) is 0. The second-order valence-corrected chi connectivity index (χ2v) is 6.76. The van der Waals surface area contributed by atoms with Gasteiger partial charge < -0.3 is 14.2 Å². The average molecular weight is 410 g/mol. The SMILES string of the molecule is CCOC(=O)c1c(OC(C)=O)cc(OC)cc1C(Br)Br. The summed E-state index contributed by atoms with van der Waals surface area (Å²) in [5.41, 5.74) is 0.737. The Morgan fingerprint density at radius 2 is 1.95 bits per heavy atom. The molecule has 0 unspecified atom stereocenters. The van der Waals surface area contributed by atoms with E-state index in [0.29, 0.717) is 11.3 Å². The zero-order valence-electron chi connectivity index (χ0n) is 11.2. The van der Waals surface area contributed by atoms with Gasteiger partial charge in [0.15, 0.2) is 0 Å². The summed E-state index contributed by atoms with van der Waals surface area (Å²) in [4.78, 5) is 23.3. The van der Waals surface area contributed by atoms with Crippen molar-refractivity contribution < 1.29 is 23.8 Å². The van der Waals surface area contributed by atoms with Crippen LogP contribution in [0, 0.1) is 0 Å². The molecule has 0 amide bonds. The first kappa shape index (κ1) is 17.0. The van der Waals surface area contributed by atoms with E-state index < -0.39 is 11.9 Å². The number of halogens is 2. The topological polar surface area (TPSA) is 61.8 Å². The van der Waals surface area contributed by atoms with Crippen molar-refractivity contribution in [1.29, 1.82) is 0 Å². The van der Waals surface area contributed by atoms with Crippen LogP contribution in [-0.2, 0) is 9.53 Å². The number of methoxy groups -OCH3 is 1. The van der Waals surface area contributed by atoms with E-state index in [9.17, 15) is 9.59 Å². The molecule has 0 radical (unpaired) electrons. The number of hydrogen-bond donors (Lipinski definition) is 0. The van der Waals surface area contributed by atoms with Crippen LogP contribution in [0.3, 0.4) is 0 Å². The molecular weight excluding hydrogens is 396 g/mol. The van der Waals surface area contributed by atoms with E-state index in [4.69, 9.17) is 14.2 Å². The lowest BCUT2D eigenvalue weighted by atomic mass is 10.1. The van der Waals surface area contributed by atoms with Crippen LogP contribution in [0.5, 0.6) is 11.5 Å². The molecule has 0 atom stereocenters. The average Bonchev–Trinajstić information content (AvgIpc) is 2.37. The predicted octanol–water partition coefficient (Wildman–Crippen LogP) is 3.59. The van der Waals surface area contributed by atoms with Gasteiger partial charge in [-0.2, -0.15) is 0 Å². The van der Waals surface area contributed by atoms with Gasteiger partial charge in [0.2, 0.25) is 0 Å². The Bertz CT molecular complexity index is 514. The van der Waals surface area contributed by atoms with Gasteiger partial charge >= 0.3 is 11.9 Å². The zero-order valence-corrected chi connectivity index (χ0v) is 14.4. The highest BCUT2D eigenvalue weighted by molar-refractivity contribution is 9.24. The molecule has 0 bridgehead atoms. The molecule has 0 aliphatic carbocycles. The molecule has 7 heteroatoms. The zero-order chi connectivity index (χ0) is 15.3. The molecule has 0 aliphatic rings.